The average molecular weight is 227 g/mol. The fourth-order valence-electron chi connectivity index (χ4n) is 2.59. The van der Waals surface area contributed by atoms with Gasteiger partial charge in [-0.3, -0.25) is 0 Å². The van der Waals surface area contributed by atoms with Crippen molar-refractivity contribution in [1.82, 2.24) is 5.32 Å². The largest absolute Gasteiger partial charge is 0.378 e. The van der Waals surface area contributed by atoms with E-state index in [2.05, 4.69) is 26.1 Å². The number of unbranched alkanes of at least 4 members (excludes halogenated alkanes) is 4. The molecular weight excluding hydrogens is 198 g/mol. The first kappa shape index (κ1) is 14.0. The van der Waals surface area contributed by atoms with Gasteiger partial charge >= 0.3 is 0 Å². The van der Waals surface area contributed by atoms with E-state index >= 15 is 0 Å². The topological polar surface area (TPSA) is 21.3 Å². The third-order valence-corrected chi connectivity index (χ3v) is 4.09. The number of hydrogen-bond donors (Lipinski definition) is 1. The molecule has 1 rings (SSSR count). The van der Waals surface area contributed by atoms with E-state index < -0.39 is 0 Å². The van der Waals surface area contributed by atoms with Crippen LogP contribution in [-0.4, -0.2) is 25.8 Å². The first-order chi connectivity index (χ1) is 7.62. The van der Waals surface area contributed by atoms with E-state index in [1.54, 1.807) is 0 Å². The molecule has 2 nitrogen and oxygen atoms in total. The summed E-state index contributed by atoms with van der Waals surface area (Å²) in [6.07, 6.45) is 8.27. The lowest BCUT2D eigenvalue weighted by molar-refractivity contribution is -0.116. The molecule has 0 amide bonds. The molecule has 2 heteroatoms. The highest BCUT2D eigenvalue weighted by molar-refractivity contribution is 5.02. The molecule has 0 radical (unpaired) electrons. The highest BCUT2D eigenvalue weighted by Gasteiger charge is 2.47. The van der Waals surface area contributed by atoms with Crippen LogP contribution in [0, 0.1) is 5.41 Å². The maximum Gasteiger partial charge on any atom is 0.0655 e. The normalized spacial score (nSPS) is 27.8. The van der Waals surface area contributed by atoms with E-state index in [9.17, 15) is 0 Å². The second-order valence-corrected chi connectivity index (χ2v) is 5.67. The van der Waals surface area contributed by atoms with Gasteiger partial charge in [-0.1, -0.05) is 46.5 Å². The minimum Gasteiger partial charge on any atom is -0.378 e. The molecule has 0 saturated heterocycles. The van der Waals surface area contributed by atoms with Gasteiger partial charge in [0.25, 0.3) is 0 Å². The van der Waals surface area contributed by atoms with E-state index in [0.29, 0.717) is 17.6 Å². The predicted molar refractivity (Wildman–Crippen MR) is 69.7 cm³/mol. The van der Waals surface area contributed by atoms with Crippen molar-refractivity contribution >= 4 is 0 Å². The van der Waals surface area contributed by atoms with Crippen LogP contribution in [0.3, 0.4) is 0 Å². The smallest absolute Gasteiger partial charge is 0.0655 e. The number of nitrogens with one attached hydrogen (secondary N) is 1. The van der Waals surface area contributed by atoms with Gasteiger partial charge in [0.15, 0.2) is 0 Å². The molecule has 2 atom stereocenters. The Bertz CT molecular complexity index is 191. The zero-order valence-corrected chi connectivity index (χ0v) is 11.5. The fraction of sp³-hybridized carbons (Fsp3) is 1.00. The summed E-state index contributed by atoms with van der Waals surface area (Å²) in [4.78, 5) is 0. The van der Waals surface area contributed by atoms with E-state index in [-0.39, 0.29) is 0 Å². The molecule has 1 saturated carbocycles. The Hall–Kier alpha value is -0.0800. The standard InChI is InChI=1S/C14H29NO/c1-5-6-7-8-9-10-16-13-11-12(15-4)14(13,2)3/h12-13,15H,5-11H2,1-4H3. The predicted octanol–water partition coefficient (Wildman–Crippen LogP) is 3.36. The molecule has 1 aliphatic carbocycles. The van der Waals surface area contributed by atoms with Crippen LogP contribution in [0.15, 0.2) is 0 Å². The molecule has 0 aromatic heterocycles. The second kappa shape index (κ2) is 6.61. The van der Waals surface area contributed by atoms with E-state index in [4.69, 9.17) is 4.74 Å². The average Bonchev–Trinajstić information content (AvgIpc) is 2.26. The Morgan fingerprint density at radius 2 is 1.88 bits per heavy atom. The highest BCUT2D eigenvalue weighted by atomic mass is 16.5. The first-order valence-electron chi connectivity index (χ1n) is 6.91. The summed E-state index contributed by atoms with van der Waals surface area (Å²) in [6.45, 7) is 7.82. The van der Waals surface area contributed by atoms with Crippen molar-refractivity contribution in [2.75, 3.05) is 13.7 Å². The lowest BCUT2D eigenvalue weighted by Crippen LogP contribution is -2.60. The molecule has 1 fully saturated rings. The number of rotatable bonds is 8. The van der Waals surface area contributed by atoms with Crippen LogP contribution < -0.4 is 5.32 Å². The summed E-state index contributed by atoms with van der Waals surface area (Å²) in [6, 6.07) is 0.637. The molecule has 0 spiro atoms. The highest BCUT2D eigenvalue weighted by Crippen LogP contribution is 2.42. The molecule has 16 heavy (non-hydrogen) atoms. The van der Waals surface area contributed by atoms with Crippen LogP contribution >= 0.6 is 0 Å². The molecule has 96 valence electrons. The lowest BCUT2D eigenvalue weighted by atomic mass is 9.64. The van der Waals surface area contributed by atoms with Crippen LogP contribution in [0.4, 0.5) is 0 Å². The zero-order chi connectivity index (χ0) is 12.0. The van der Waals surface area contributed by atoms with Crippen molar-refractivity contribution in [3.05, 3.63) is 0 Å². The number of ether oxygens (including phenoxy) is 1. The van der Waals surface area contributed by atoms with Gasteiger partial charge in [0, 0.05) is 18.1 Å². The van der Waals surface area contributed by atoms with Crippen molar-refractivity contribution in [2.24, 2.45) is 5.41 Å². The summed E-state index contributed by atoms with van der Waals surface area (Å²) in [7, 11) is 2.05. The minimum atomic E-state index is 0.318. The first-order valence-corrected chi connectivity index (χ1v) is 6.91. The van der Waals surface area contributed by atoms with Gasteiger partial charge in [0.05, 0.1) is 6.10 Å². The summed E-state index contributed by atoms with van der Waals surface area (Å²) in [5.41, 5.74) is 0.318. The Labute approximate surface area is 101 Å². The van der Waals surface area contributed by atoms with Gasteiger partial charge in [-0.05, 0) is 19.9 Å². The summed E-state index contributed by atoms with van der Waals surface area (Å²) in [5, 5.41) is 3.36. The molecule has 0 aromatic carbocycles. The van der Waals surface area contributed by atoms with Gasteiger partial charge in [-0.2, -0.15) is 0 Å². The number of hydrogen-bond acceptors (Lipinski definition) is 2. The van der Waals surface area contributed by atoms with Gasteiger partial charge in [-0.15, -0.1) is 0 Å². The van der Waals surface area contributed by atoms with E-state index in [1.807, 2.05) is 7.05 Å². The maximum atomic E-state index is 5.97. The maximum absolute atomic E-state index is 5.97. The molecule has 0 heterocycles. The van der Waals surface area contributed by atoms with E-state index in [0.717, 1.165) is 6.61 Å². The second-order valence-electron chi connectivity index (χ2n) is 5.67. The minimum absolute atomic E-state index is 0.318. The molecule has 1 N–H and O–H groups in total. The molecule has 2 unspecified atom stereocenters. The van der Waals surface area contributed by atoms with Crippen LogP contribution in [0.5, 0.6) is 0 Å². The van der Waals surface area contributed by atoms with Crippen molar-refractivity contribution in [3.63, 3.8) is 0 Å². The lowest BCUT2D eigenvalue weighted by Gasteiger charge is -2.51. The summed E-state index contributed by atoms with van der Waals surface area (Å²) < 4.78 is 5.97. The van der Waals surface area contributed by atoms with Crippen molar-refractivity contribution < 1.29 is 4.74 Å². The van der Waals surface area contributed by atoms with Gasteiger partial charge < -0.3 is 10.1 Å². The van der Waals surface area contributed by atoms with Gasteiger partial charge in [-0.25, -0.2) is 0 Å². The quantitative estimate of drug-likeness (QED) is 0.642. The zero-order valence-electron chi connectivity index (χ0n) is 11.5. The summed E-state index contributed by atoms with van der Waals surface area (Å²) >= 11 is 0. The fourth-order valence-corrected chi connectivity index (χ4v) is 2.59. The van der Waals surface area contributed by atoms with Crippen LogP contribution in [0.1, 0.15) is 59.3 Å². The van der Waals surface area contributed by atoms with E-state index in [1.165, 1.54) is 38.5 Å². The van der Waals surface area contributed by atoms with Crippen molar-refractivity contribution in [1.29, 1.82) is 0 Å². The van der Waals surface area contributed by atoms with Crippen LogP contribution in [0.25, 0.3) is 0 Å². The molecule has 0 aromatic rings. The molecule has 1 aliphatic rings. The Morgan fingerprint density at radius 1 is 1.19 bits per heavy atom. The Kier molecular flexibility index (Phi) is 5.77. The van der Waals surface area contributed by atoms with Crippen LogP contribution in [-0.2, 0) is 4.74 Å². The van der Waals surface area contributed by atoms with Gasteiger partial charge in [0.1, 0.15) is 0 Å². The van der Waals surface area contributed by atoms with Gasteiger partial charge in [0.2, 0.25) is 0 Å². The third kappa shape index (κ3) is 3.46. The SMILES string of the molecule is CCCCCCCOC1CC(NC)C1(C)C. The molecule has 0 bridgehead atoms. The van der Waals surface area contributed by atoms with Crippen molar-refractivity contribution in [2.45, 2.75) is 71.4 Å². The Balaban J connectivity index is 2.03. The Morgan fingerprint density at radius 3 is 2.44 bits per heavy atom. The summed E-state index contributed by atoms with van der Waals surface area (Å²) in [5.74, 6) is 0. The molecular formula is C14H29NO. The van der Waals surface area contributed by atoms with Crippen LogP contribution in [0.2, 0.25) is 0 Å². The molecule has 0 aliphatic heterocycles. The monoisotopic (exact) mass is 227 g/mol. The third-order valence-electron chi connectivity index (χ3n) is 4.09. The van der Waals surface area contributed by atoms with Crippen molar-refractivity contribution in [3.8, 4) is 0 Å².